The van der Waals surface area contributed by atoms with Crippen molar-refractivity contribution in [1.29, 1.82) is 0 Å². The van der Waals surface area contributed by atoms with Crippen molar-refractivity contribution < 1.29 is 28.6 Å². The number of rotatable bonds is 8. The smallest absolute Gasteiger partial charge is 0.340 e. The molecule has 0 radical (unpaired) electrons. The van der Waals surface area contributed by atoms with Crippen LogP contribution in [0.2, 0.25) is 5.02 Å². The Kier molecular flexibility index (Phi) is 7.92. The Labute approximate surface area is 199 Å². The summed E-state index contributed by atoms with van der Waals surface area (Å²) in [4.78, 5) is 39.7. The van der Waals surface area contributed by atoms with Crippen LogP contribution in [0, 0.1) is 0 Å². The number of ether oxygens (including phenoxy) is 3. The molecule has 0 aliphatic heterocycles. The molecule has 10 heteroatoms. The van der Waals surface area contributed by atoms with Crippen molar-refractivity contribution in [3.05, 3.63) is 69.4 Å². The molecule has 0 saturated carbocycles. The summed E-state index contributed by atoms with van der Waals surface area (Å²) in [7, 11) is 4.46. The van der Waals surface area contributed by atoms with E-state index >= 15 is 0 Å². The first kappa shape index (κ1) is 24.1. The number of nitrogens with one attached hydrogen (secondary N) is 1. The lowest BCUT2D eigenvalue weighted by Crippen LogP contribution is -2.28. The van der Waals surface area contributed by atoms with E-state index in [1.54, 1.807) is 42.8 Å². The number of amides is 2. The lowest BCUT2D eigenvalue weighted by molar-refractivity contribution is -0.119. The van der Waals surface area contributed by atoms with E-state index in [0.29, 0.717) is 27.8 Å². The molecule has 172 valence electrons. The lowest BCUT2D eigenvalue weighted by atomic mass is 10.1. The molecule has 8 nitrogen and oxygen atoms in total. The highest BCUT2D eigenvalue weighted by Crippen LogP contribution is 2.35. The molecule has 0 bridgehead atoms. The molecule has 33 heavy (non-hydrogen) atoms. The van der Waals surface area contributed by atoms with Gasteiger partial charge in [-0.1, -0.05) is 29.8 Å². The van der Waals surface area contributed by atoms with Crippen LogP contribution in [0.5, 0.6) is 11.5 Å². The topological polar surface area (TPSA) is 94.2 Å². The molecule has 0 aliphatic rings. The minimum atomic E-state index is -0.744. The van der Waals surface area contributed by atoms with Gasteiger partial charge in [0.1, 0.15) is 11.5 Å². The monoisotopic (exact) mass is 488 g/mol. The molecule has 0 spiro atoms. The molecule has 1 aromatic heterocycles. The van der Waals surface area contributed by atoms with Gasteiger partial charge >= 0.3 is 5.97 Å². The van der Waals surface area contributed by atoms with Crippen molar-refractivity contribution in [2.75, 3.05) is 38.1 Å². The van der Waals surface area contributed by atoms with Crippen LogP contribution in [-0.4, -0.2) is 45.7 Å². The Morgan fingerprint density at radius 3 is 2.42 bits per heavy atom. The molecule has 2 aromatic carbocycles. The summed E-state index contributed by atoms with van der Waals surface area (Å²) in [6.45, 7) is -0.553. The third kappa shape index (κ3) is 5.63. The maximum atomic E-state index is 12.7. The average molecular weight is 489 g/mol. The molecule has 0 atom stereocenters. The zero-order valence-corrected chi connectivity index (χ0v) is 19.7. The Bertz CT molecular complexity index is 1170. The van der Waals surface area contributed by atoms with Gasteiger partial charge in [0.25, 0.3) is 11.8 Å². The number of thiophene rings is 1. The molecule has 1 heterocycles. The highest BCUT2D eigenvalue weighted by molar-refractivity contribution is 7.12. The predicted molar refractivity (Wildman–Crippen MR) is 127 cm³/mol. The van der Waals surface area contributed by atoms with Gasteiger partial charge in [-0.3, -0.25) is 9.59 Å². The van der Waals surface area contributed by atoms with Gasteiger partial charge in [-0.05, 0) is 29.6 Å². The second kappa shape index (κ2) is 10.8. The minimum absolute atomic E-state index is 0.155. The molecular weight excluding hydrogens is 468 g/mol. The summed E-state index contributed by atoms with van der Waals surface area (Å²) in [6, 6.07) is 13.0. The van der Waals surface area contributed by atoms with Gasteiger partial charge in [0.2, 0.25) is 0 Å². The molecule has 0 unspecified atom stereocenters. The van der Waals surface area contributed by atoms with Gasteiger partial charge < -0.3 is 24.4 Å². The van der Waals surface area contributed by atoms with E-state index in [4.69, 9.17) is 25.8 Å². The highest BCUT2D eigenvalue weighted by atomic mass is 35.5. The first-order valence-electron chi connectivity index (χ1n) is 9.64. The number of methoxy groups -OCH3 is 2. The lowest BCUT2D eigenvalue weighted by Gasteiger charge is -2.19. The Morgan fingerprint density at radius 1 is 1.03 bits per heavy atom. The van der Waals surface area contributed by atoms with E-state index in [9.17, 15) is 14.4 Å². The van der Waals surface area contributed by atoms with Crippen molar-refractivity contribution in [3.63, 3.8) is 0 Å². The molecule has 3 aromatic rings. The highest BCUT2D eigenvalue weighted by Gasteiger charge is 2.22. The number of para-hydroxylation sites is 1. The zero-order valence-electron chi connectivity index (χ0n) is 18.1. The van der Waals surface area contributed by atoms with Gasteiger partial charge in [-0.2, -0.15) is 0 Å². The molecular formula is C23H21ClN2O6S. The number of carbonyl (C=O) groups is 3. The van der Waals surface area contributed by atoms with Crippen LogP contribution in [0.25, 0.3) is 0 Å². The SMILES string of the molecule is COc1cc(OC)c(NC(=O)COC(=O)c2ccccc2N(C)C(=O)c2cccs2)cc1Cl. The van der Waals surface area contributed by atoms with Crippen LogP contribution >= 0.6 is 22.9 Å². The van der Waals surface area contributed by atoms with Crippen LogP contribution in [0.1, 0.15) is 20.0 Å². The fourth-order valence-electron chi connectivity index (χ4n) is 2.97. The molecule has 3 rings (SSSR count). The standard InChI is InChI=1S/C23H21ClN2O6S/c1-26(22(28)20-9-6-10-33-20)17-8-5-4-7-14(17)23(29)32-13-21(27)25-16-11-15(24)18(30-2)12-19(16)31-3/h4-12H,13H2,1-3H3,(H,25,27). The maximum Gasteiger partial charge on any atom is 0.340 e. The minimum Gasteiger partial charge on any atom is -0.495 e. The van der Waals surface area contributed by atoms with Gasteiger partial charge in [0.15, 0.2) is 6.61 Å². The summed E-state index contributed by atoms with van der Waals surface area (Å²) >= 11 is 7.41. The van der Waals surface area contributed by atoms with Crippen molar-refractivity contribution in [1.82, 2.24) is 0 Å². The molecule has 0 aliphatic carbocycles. The first-order chi connectivity index (χ1) is 15.8. The van der Waals surface area contributed by atoms with Crippen LogP contribution in [0.4, 0.5) is 11.4 Å². The number of benzene rings is 2. The molecule has 1 N–H and O–H groups in total. The van der Waals surface area contributed by atoms with Gasteiger partial charge in [-0.15, -0.1) is 11.3 Å². The van der Waals surface area contributed by atoms with Crippen molar-refractivity contribution >= 4 is 52.1 Å². The second-order valence-corrected chi connectivity index (χ2v) is 8.02. The van der Waals surface area contributed by atoms with Crippen LogP contribution in [0.3, 0.4) is 0 Å². The number of halogens is 1. The third-order valence-corrected chi connectivity index (χ3v) is 5.76. The average Bonchev–Trinajstić information content (AvgIpc) is 3.37. The fourth-order valence-corrected chi connectivity index (χ4v) is 3.91. The van der Waals surface area contributed by atoms with Crippen molar-refractivity contribution in [2.45, 2.75) is 0 Å². The Balaban J connectivity index is 1.69. The second-order valence-electron chi connectivity index (χ2n) is 6.67. The number of anilines is 2. The summed E-state index contributed by atoms with van der Waals surface area (Å²) in [6.07, 6.45) is 0. The Hall–Kier alpha value is -3.56. The largest absolute Gasteiger partial charge is 0.495 e. The van der Waals surface area contributed by atoms with E-state index in [1.807, 2.05) is 0 Å². The van der Waals surface area contributed by atoms with E-state index in [2.05, 4.69) is 5.32 Å². The summed E-state index contributed by atoms with van der Waals surface area (Å²) in [5.41, 5.74) is 0.818. The number of hydrogen-bond donors (Lipinski definition) is 1. The quantitative estimate of drug-likeness (QED) is 0.469. The van der Waals surface area contributed by atoms with E-state index < -0.39 is 18.5 Å². The summed E-state index contributed by atoms with van der Waals surface area (Å²) < 4.78 is 15.5. The van der Waals surface area contributed by atoms with Gasteiger partial charge in [-0.25, -0.2) is 4.79 Å². The first-order valence-corrected chi connectivity index (χ1v) is 10.9. The molecule has 0 saturated heterocycles. The third-order valence-electron chi connectivity index (χ3n) is 4.60. The molecule has 2 amide bonds. The van der Waals surface area contributed by atoms with Crippen LogP contribution in [0.15, 0.2) is 53.9 Å². The van der Waals surface area contributed by atoms with Crippen LogP contribution < -0.4 is 19.7 Å². The number of hydrogen-bond acceptors (Lipinski definition) is 7. The van der Waals surface area contributed by atoms with E-state index in [-0.39, 0.29) is 16.5 Å². The zero-order chi connectivity index (χ0) is 24.0. The number of carbonyl (C=O) groups excluding carboxylic acids is 3. The van der Waals surface area contributed by atoms with Gasteiger partial charge in [0, 0.05) is 13.1 Å². The van der Waals surface area contributed by atoms with Crippen molar-refractivity contribution in [2.24, 2.45) is 0 Å². The predicted octanol–water partition coefficient (Wildman–Crippen LogP) is 4.49. The fraction of sp³-hybridized carbons (Fsp3) is 0.174. The molecule has 0 fully saturated rings. The van der Waals surface area contributed by atoms with E-state index in [0.717, 1.165) is 0 Å². The number of esters is 1. The maximum absolute atomic E-state index is 12.7. The van der Waals surface area contributed by atoms with Crippen LogP contribution in [-0.2, 0) is 9.53 Å². The van der Waals surface area contributed by atoms with Crippen molar-refractivity contribution in [3.8, 4) is 11.5 Å². The Morgan fingerprint density at radius 2 is 1.76 bits per heavy atom. The normalized spacial score (nSPS) is 10.3. The van der Waals surface area contributed by atoms with E-state index in [1.165, 1.54) is 48.7 Å². The summed E-state index contributed by atoms with van der Waals surface area (Å²) in [5, 5.41) is 4.66. The van der Waals surface area contributed by atoms with Gasteiger partial charge in [0.05, 0.1) is 41.1 Å². The summed E-state index contributed by atoms with van der Waals surface area (Å²) in [5.74, 6) is -0.882. The number of nitrogens with zero attached hydrogens (tertiary/aromatic N) is 1.